The number of rotatable bonds is 5. The molecule has 1 aromatic carbocycles. The van der Waals surface area contributed by atoms with Gasteiger partial charge in [0.15, 0.2) is 5.76 Å². The third-order valence-corrected chi connectivity index (χ3v) is 3.63. The summed E-state index contributed by atoms with van der Waals surface area (Å²) in [4.78, 5) is 16.7. The second-order valence-electron chi connectivity index (χ2n) is 5.60. The van der Waals surface area contributed by atoms with Gasteiger partial charge in [0.2, 0.25) is 0 Å². The van der Waals surface area contributed by atoms with Gasteiger partial charge >= 0.3 is 0 Å². The molecule has 0 saturated carbocycles. The van der Waals surface area contributed by atoms with Crippen molar-refractivity contribution in [3.05, 3.63) is 59.1 Å². The maximum atomic E-state index is 12.4. The number of ether oxygens (including phenoxy) is 1. The number of fused-ring (bicyclic) bond motifs is 1. The Morgan fingerprint density at radius 1 is 1.29 bits per heavy atom. The van der Waals surface area contributed by atoms with Crippen LogP contribution < -0.4 is 5.32 Å². The van der Waals surface area contributed by atoms with E-state index in [0.29, 0.717) is 23.1 Å². The molecule has 124 valence electrons. The standard InChI is InChI=1S/C18H17ClN2O3/c1-11(2)23-10-13-4-6-17(24-13)18(22)21-16-7-8-20-15-5-3-12(19)9-14(15)16/h3-9,11H,10H2,1-2H3,(H,20,21,22). The van der Waals surface area contributed by atoms with Crippen LogP contribution in [0.15, 0.2) is 47.0 Å². The molecular formula is C18H17ClN2O3. The Bertz CT molecular complexity index is 874. The Kier molecular flexibility index (Phi) is 4.83. The lowest BCUT2D eigenvalue weighted by atomic mass is 10.2. The highest BCUT2D eigenvalue weighted by Gasteiger charge is 2.13. The van der Waals surface area contributed by atoms with Crippen molar-refractivity contribution >= 4 is 34.1 Å². The van der Waals surface area contributed by atoms with Gasteiger partial charge < -0.3 is 14.5 Å². The van der Waals surface area contributed by atoms with Crippen molar-refractivity contribution in [2.24, 2.45) is 0 Å². The number of carbonyl (C=O) groups is 1. The minimum absolute atomic E-state index is 0.0975. The number of nitrogens with one attached hydrogen (secondary N) is 1. The third-order valence-electron chi connectivity index (χ3n) is 3.40. The molecule has 0 aliphatic carbocycles. The summed E-state index contributed by atoms with van der Waals surface area (Å²) in [6.45, 7) is 4.21. The van der Waals surface area contributed by atoms with E-state index < -0.39 is 0 Å². The number of nitrogens with zero attached hydrogens (tertiary/aromatic N) is 1. The van der Waals surface area contributed by atoms with E-state index in [1.165, 1.54) is 0 Å². The molecule has 0 saturated heterocycles. The molecule has 0 spiro atoms. The fourth-order valence-corrected chi connectivity index (χ4v) is 2.41. The molecule has 2 aromatic heterocycles. The smallest absolute Gasteiger partial charge is 0.291 e. The summed E-state index contributed by atoms with van der Waals surface area (Å²) >= 11 is 6.03. The van der Waals surface area contributed by atoms with Gasteiger partial charge in [0.1, 0.15) is 12.4 Å². The van der Waals surface area contributed by atoms with Gasteiger partial charge in [0.05, 0.1) is 17.3 Å². The van der Waals surface area contributed by atoms with Crippen LogP contribution in [0.1, 0.15) is 30.2 Å². The second-order valence-corrected chi connectivity index (χ2v) is 6.04. The Hall–Kier alpha value is -2.37. The van der Waals surface area contributed by atoms with Crippen LogP contribution in [0.25, 0.3) is 10.9 Å². The van der Waals surface area contributed by atoms with Crippen molar-refractivity contribution in [2.45, 2.75) is 26.6 Å². The molecule has 3 rings (SSSR count). The zero-order valence-electron chi connectivity index (χ0n) is 13.4. The van der Waals surface area contributed by atoms with Crippen molar-refractivity contribution in [1.82, 2.24) is 4.98 Å². The first kappa shape index (κ1) is 16.5. The summed E-state index contributed by atoms with van der Waals surface area (Å²) < 4.78 is 11.0. The highest BCUT2D eigenvalue weighted by atomic mass is 35.5. The van der Waals surface area contributed by atoms with Crippen LogP contribution in [0, 0.1) is 0 Å². The molecule has 0 fully saturated rings. The monoisotopic (exact) mass is 344 g/mol. The van der Waals surface area contributed by atoms with Crippen LogP contribution in [-0.2, 0) is 11.3 Å². The van der Waals surface area contributed by atoms with Gasteiger partial charge in [-0.15, -0.1) is 0 Å². The van der Waals surface area contributed by atoms with Crippen molar-refractivity contribution in [3.63, 3.8) is 0 Å². The van der Waals surface area contributed by atoms with E-state index in [-0.39, 0.29) is 17.8 Å². The molecule has 5 nitrogen and oxygen atoms in total. The Morgan fingerprint density at radius 2 is 2.12 bits per heavy atom. The fourth-order valence-electron chi connectivity index (χ4n) is 2.24. The Balaban J connectivity index is 1.79. The number of halogens is 1. The van der Waals surface area contributed by atoms with Crippen LogP contribution in [0.3, 0.4) is 0 Å². The molecule has 0 aliphatic rings. The number of amides is 1. The summed E-state index contributed by atoms with van der Waals surface area (Å²) in [5.41, 5.74) is 1.38. The zero-order valence-corrected chi connectivity index (χ0v) is 14.1. The Morgan fingerprint density at radius 3 is 2.92 bits per heavy atom. The third kappa shape index (κ3) is 3.75. The van der Waals surface area contributed by atoms with Gasteiger partial charge in [-0.2, -0.15) is 0 Å². The summed E-state index contributed by atoms with van der Waals surface area (Å²) in [7, 11) is 0. The molecule has 1 N–H and O–H groups in total. The van der Waals surface area contributed by atoms with Gasteiger partial charge in [-0.1, -0.05) is 11.6 Å². The first-order valence-electron chi connectivity index (χ1n) is 7.59. The second kappa shape index (κ2) is 7.03. The number of aromatic nitrogens is 1. The van der Waals surface area contributed by atoms with E-state index in [9.17, 15) is 4.79 Å². The number of anilines is 1. The van der Waals surface area contributed by atoms with Crippen LogP contribution in [0.2, 0.25) is 5.02 Å². The zero-order chi connectivity index (χ0) is 17.1. The van der Waals surface area contributed by atoms with E-state index in [1.807, 2.05) is 19.9 Å². The molecule has 0 aliphatic heterocycles. The largest absolute Gasteiger partial charge is 0.453 e. The predicted octanol–water partition coefficient (Wildman–Crippen LogP) is 4.66. The number of hydrogen-bond acceptors (Lipinski definition) is 4. The predicted molar refractivity (Wildman–Crippen MR) is 93.3 cm³/mol. The molecule has 24 heavy (non-hydrogen) atoms. The van der Waals surface area contributed by atoms with E-state index in [1.54, 1.807) is 36.5 Å². The van der Waals surface area contributed by atoms with Crippen LogP contribution in [0.4, 0.5) is 5.69 Å². The van der Waals surface area contributed by atoms with Crippen LogP contribution in [0.5, 0.6) is 0 Å². The molecule has 3 aromatic rings. The van der Waals surface area contributed by atoms with E-state index in [0.717, 1.165) is 10.9 Å². The van der Waals surface area contributed by atoms with Crippen molar-refractivity contribution < 1.29 is 13.9 Å². The lowest BCUT2D eigenvalue weighted by Crippen LogP contribution is -2.11. The number of furan rings is 1. The molecule has 1 amide bonds. The van der Waals surface area contributed by atoms with Crippen LogP contribution in [-0.4, -0.2) is 17.0 Å². The number of hydrogen-bond donors (Lipinski definition) is 1. The number of pyridine rings is 1. The fraction of sp³-hybridized carbons (Fsp3) is 0.222. The lowest BCUT2D eigenvalue weighted by molar-refractivity contribution is 0.0537. The SMILES string of the molecule is CC(C)OCc1ccc(C(=O)Nc2ccnc3ccc(Cl)cc23)o1. The minimum Gasteiger partial charge on any atom is -0.453 e. The van der Waals surface area contributed by atoms with E-state index in [2.05, 4.69) is 10.3 Å². The highest BCUT2D eigenvalue weighted by molar-refractivity contribution is 6.31. The minimum atomic E-state index is -0.335. The molecule has 2 heterocycles. The normalized spacial score (nSPS) is 11.2. The van der Waals surface area contributed by atoms with Gasteiger partial charge in [0, 0.05) is 16.6 Å². The lowest BCUT2D eigenvalue weighted by Gasteiger charge is -2.07. The molecule has 6 heteroatoms. The van der Waals surface area contributed by atoms with Gasteiger partial charge in [-0.25, -0.2) is 0 Å². The van der Waals surface area contributed by atoms with Gasteiger partial charge in [-0.3, -0.25) is 9.78 Å². The van der Waals surface area contributed by atoms with E-state index in [4.69, 9.17) is 20.8 Å². The van der Waals surface area contributed by atoms with Crippen LogP contribution >= 0.6 is 11.6 Å². The molecular weight excluding hydrogens is 328 g/mol. The van der Waals surface area contributed by atoms with Crippen molar-refractivity contribution in [3.8, 4) is 0 Å². The topological polar surface area (TPSA) is 64.4 Å². The average molecular weight is 345 g/mol. The highest BCUT2D eigenvalue weighted by Crippen LogP contribution is 2.25. The Labute approximate surface area is 144 Å². The molecule has 0 atom stereocenters. The molecule has 0 unspecified atom stereocenters. The molecule has 0 bridgehead atoms. The summed E-state index contributed by atoms with van der Waals surface area (Å²) in [5, 5.41) is 4.19. The summed E-state index contributed by atoms with van der Waals surface area (Å²) in [6.07, 6.45) is 1.73. The maximum absolute atomic E-state index is 12.4. The molecule has 0 radical (unpaired) electrons. The van der Waals surface area contributed by atoms with Gasteiger partial charge in [-0.05, 0) is 50.2 Å². The first-order chi connectivity index (χ1) is 11.5. The first-order valence-corrected chi connectivity index (χ1v) is 7.96. The maximum Gasteiger partial charge on any atom is 0.291 e. The quantitative estimate of drug-likeness (QED) is 0.731. The van der Waals surface area contributed by atoms with E-state index >= 15 is 0 Å². The summed E-state index contributed by atoms with van der Waals surface area (Å²) in [5.74, 6) is 0.499. The summed E-state index contributed by atoms with van der Waals surface area (Å²) in [6, 6.07) is 10.4. The van der Waals surface area contributed by atoms with Gasteiger partial charge in [0.25, 0.3) is 5.91 Å². The number of carbonyl (C=O) groups excluding carboxylic acids is 1. The van der Waals surface area contributed by atoms with Crippen molar-refractivity contribution in [2.75, 3.05) is 5.32 Å². The van der Waals surface area contributed by atoms with Crippen molar-refractivity contribution in [1.29, 1.82) is 0 Å². The number of benzene rings is 1. The average Bonchev–Trinajstić information content (AvgIpc) is 3.02.